The van der Waals surface area contributed by atoms with Crippen molar-refractivity contribution in [2.75, 3.05) is 30.5 Å². The topological polar surface area (TPSA) is 95.6 Å². The summed E-state index contributed by atoms with van der Waals surface area (Å²) in [7, 11) is -2.35. The van der Waals surface area contributed by atoms with E-state index >= 15 is 0 Å². The number of hydrogen-bond donors (Lipinski definition) is 2. The highest BCUT2D eigenvalue weighted by atomic mass is 32.2. The summed E-state index contributed by atoms with van der Waals surface area (Å²) in [4.78, 5) is 24.6. The second-order valence-electron chi connectivity index (χ2n) is 6.15. The van der Waals surface area contributed by atoms with E-state index < -0.39 is 40.1 Å². The van der Waals surface area contributed by atoms with E-state index in [0.717, 1.165) is 28.8 Å². The van der Waals surface area contributed by atoms with Crippen molar-refractivity contribution in [3.05, 3.63) is 59.7 Å². The Balaban J connectivity index is 2.18. The Bertz CT molecular complexity index is 1020. The van der Waals surface area contributed by atoms with Gasteiger partial charge in [0.05, 0.1) is 29.6 Å². The molecular formula is C18H18F3N3O4S. The maximum Gasteiger partial charge on any atom is 0.416 e. The standard InChI is InChI=1S/C18H18F3N3O4S/c1-24(29(2,27)28)11-16(25)23-15-9-4-3-8-14(15)17(26)22-13-7-5-6-12(10-13)18(19,20)21/h3-10H,11H2,1-2H3,(H,22,26)(H,23,25). The molecule has 0 fully saturated rings. The third-order valence-corrected chi connectivity index (χ3v) is 5.09. The first-order valence-corrected chi connectivity index (χ1v) is 10.0. The lowest BCUT2D eigenvalue weighted by Crippen LogP contribution is -2.34. The number of carbonyl (C=O) groups excluding carboxylic acids is 2. The van der Waals surface area contributed by atoms with E-state index in [9.17, 15) is 31.2 Å². The molecule has 0 aliphatic carbocycles. The predicted octanol–water partition coefficient (Wildman–Crippen LogP) is 2.79. The van der Waals surface area contributed by atoms with Crippen LogP contribution < -0.4 is 10.6 Å². The van der Waals surface area contributed by atoms with Crippen molar-refractivity contribution in [3.63, 3.8) is 0 Å². The molecule has 0 saturated carbocycles. The molecule has 7 nitrogen and oxygen atoms in total. The second kappa shape index (κ2) is 8.62. The van der Waals surface area contributed by atoms with Crippen LogP contribution in [0.2, 0.25) is 0 Å². The van der Waals surface area contributed by atoms with Gasteiger partial charge in [0.1, 0.15) is 0 Å². The van der Waals surface area contributed by atoms with Crippen molar-refractivity contribution in [2.45, 2.75) is 6.18 Å². The Kier molecular flexibility index (Phi) is 6.65. The Morgan fingerprint density at radius 1 is 1.03 bits per heavy atom. The third-order valence-electron chi connectivity index (χ3n) is 3.83. The van der Waals surface area contributed by atoms with Gasteiger partial charge < -0.3 is 10.6 Å². The molecule has 2 aromatic rings. The van der Waals surface area contributed by atoms with Gasteiger partial charge in [-0.15, -0.1) is 0 Å². The minimum atomic E-state index is -4.56. The van der Waals surface area contributed by atoms with Crippen molar-refractivity contribution >= 4 is 33.2 Å². The number of sulfonamides is 1. The van der Waals surface area contributed by atoms with Crippen LogP contribution in [0.25, 0.3) is 0 Å². The number of anilines is 2. The molecule has 0 atom stereocenters. The van der Waals surface area contributed by atoms with E-state index in [-0.39, 0.29) is 16.9 Å². The van der Waals surface area contributed by atoms with Gasteiger partial charge in [0.15, 0.2) is 0 Å². The zero-order valence-electron chi connectivity index (χ0n) is 15.4. The Hall–Kier alpha value is -2.92. The summed E-state index contributed by atoms with van der Waals surface area (Å²) < 4.78 is 62.1. The summed E-state index contributed by atoms with van der Waals surface area (Å²) in [5.41, 5.74) is -0.896. The molecule has 156 valence electrons. The molecule has 2 N–H and O–H groups in total. The number of para-hydroxylation sites is 1. The fourth-order valence-corrected chi connectivity index (χ4v) is 2.62. The number of nitrogens with zero attached hydrogens (tertiary/aromatic N) is 1. The number of hydrogen-bond acceptors (Lipinski definition) is 4. The number of rotatable bonds is 6. The van der Waals surface area contributed by atoms with Gasteiger partial charge in [-0.25, -0.2) is 8.42 Å². The van der Waals surface area contributed by atoms with Crippen LogP contribution in [0, 0.1) is 0 Å². The van der Waals surface area contributed by atoms with E-state index in [4.69, 9.17) is 0 Å². The largest absolute Gasteiger partial charge is 0.416 e. The number of alkyl halides is 3. The molecule has 0 heterocycles. The van der Waals surface area contributed by atoms with Gasteiger partial charge in [0, 0.05) is 12.7 Å². The Morgan fingerprint density at radius 2 is 1.69 bits per heavy atom. The highest BCUT2D eigenvalue weighted by molar-refractivity contribution is 7.88. The average Bonchev–Trinajstić information content (AvgIpc) is 2.60. The molecule has 0 radical (unpaired) electrons. The second-order valence-corrected chi connectivity index (χ2v) is 8.23. The minimum absolute atomic E-state index is 0.000250. The van der Waals surface area contributed by atoms with Crippen LogP contribution in [0.15, 0.2) is 48.5 Å². The number of carbonyl (C=O) groups is 2. The molecule has 0 bridgehead atoms. The molecule has 0 aliphatic heterocycles. The zero-order chi connectivity index (χ0) is 21.8. The van der Waals surface area contributed by atoms with Crippen LogP contribution in [0.3, 0.4) is 0 Å². The van der Waals surface area contributed by atoms with Gasteiger partial charge in [-0.2, -0.15) is 17.5 Å². The smallest absolute Gasteiger partial charge is 0.324 e. The van der Waals surface area contributed by atoms with Crippen molar-refractivity contribution in [1.29, 1.82) is 0 Å². The number of benzene rings is 2. The van der Waals surface area contributed by atoms with Gasteiger partial charge in [-0.1, -0.05) is 18.2 Å². The zero-order valence-corrected chi connectivity index (χ0v) is 16.3. The van der Waals surface area contributed by atoms with Crippen LogP contribution in [-0.2, 0) is 21.0 Å². The van der Waals surface area contributed by atoms with Gasteiger partial charge in [0.25, 0.3) is 5.91 Å². The minimum Gasteiger partial charge on any atom is -0.324 e. The van der Waals surface area contributed by atoms with Crippen molar-refractivity contribution in [2.24, 2.45) is 0 Å². The number of nitrogens with one attached hydrogen (secondary N) is 2. The van der Waals surface area contributed by atoms with Crippen LogP contribution >= 0.6 is 0 Å². The molecule has 0 saturated heterocycles. The molecule has 2 rings (SSSR count). The molecular weight excluding hydrogens is 411 g/mol. The first-order valence-electron chi connectivity index (χ1n) is 8.17. The number of amides is 2. The summed E-state index contributed by atoms with van der Waals surface area (Å²) in [6.07, 6.45) is -3.62. The number of halogens is 3. The Labute approximate surface area is 165 Å². The van der Waals surface area contributed by atoms with Gasteiger partial charge in [-0.05, 0) is 30.3 Å². The number of likely N-dealkylation sites (N-methyl/N-ethyl adjacent to an activating group) is 1. The molecule has 0 spiro atoms. The first-order chi connectivity index (χ1) is 13.4. The van der Waals surface area contributed by atoms with Crippen molar-refractivity contribution in [1.82, 2.24) is 4.31 Å². The molecule has 11 heteroatoms. The van der Waals surface area contributed by atoms with Crippen LogP contribution in [-0.4, -0.2) is 44.4 Å². The lowest BCUT2D eigenvalue weighted by atomic mass is 10.1. The van der Waals surface area contributed by atoms with E-state index in [1.165, 1.54) is 37.4 Å². The van der Waals surface area contributed by atoms with Crippen LogP contribution in [0.5, 0.6) is 0 Å². The summed E-state index contributed by atoms with van der Waals surface area (Å²) in [6.45, 7) is -0.470. The van der Waals surface area contributed by atoms with Crippen LogP contribution in [0.4, 0.5) is 24.5 Å². The normalized spacial score (nSPS) is 11.9. The van der Waals surface area contributed by atoms with Gasteiger partial charge >= 0.3 is 6.18 Å². The monoisotopic (exact) mass is 429 g/mol. The summed E-state index contributed by atoms with van der Waals surface area (Å²) in [5.74, 6) is -1.42. The fraction of sp³-hybridized carbons (Fsp3) is 0.222. The first kappa shape index (κ1) is 22.4. The highest BCUT2D eigenvalue weighted by Crippen LogP contribution is 2.30. The lowest BCUT2D eigenvalue weighted by molar-refractivity contribution is -0.137. The maximum absolute atomic E-state index is 12.8. The molecule has 0 aromatic heterocycles. The van der Waals surface area contributed by atoms with E-state index in [2.05, 4.69) is 10.6 Å². The van der Waals surface area contributed by atoms with E-state index in [1.807, 2.05) is 0 Å². The highest BCUT2D eigenvalue weighted by Gasteiger charge is 2.30. The predicted molar refractivity (Wildman–Crippen MR) is 102 cm³/mol. The molecule has 2 amide bonds. The summed E-state index contributed by atoms with van der Waals surface area (Å²) in [6, 6.07) is 9.97. The molecule has 0 aliphatic rings. The summed E-state index contributed by atoms with van der Waals surface area (Å²) >= 11 is 0. The maximum atomic E-state index is 12.8. The SMILES string of the molecule is CN(CC(=O)Nc1ccccc1C(=O)Nc1cccc(C(F)(F)F)c1)S(C)(=O)=O. The van der Waals surface area contributed by atoms with Gasteiger partial charge in [-0.3, -0.25) is 9.59 Å². The van der Waals surface area contributed by atoms with Gasteiger partial charge in [0.2, 0.25) is 15.9 Å². The van der Waals surface area contributed by atoms with E-state index in [0.29, 0.717) is 0 Å². The Morgan fingerprint density at radius 3 is 2.31 bits per heavy atom. The van der Waals surface area contributed by atoms with E-state index in [1.54, 1.807) is 0 Å². The molecule has 0 unspecified atom stereocenters. The third kappa shape index (κ3) is 6.29. The summed E-state index contributed by atoms with van der Waals surface area (Å²) in [5, 5.41) is 4.78. The molecule has 2 aromatic carbocycles. The fourth-order valence-electron chi connectivity index (χ4n) is 2.27. The lowest BCUT2D eigenvalue weighted by Gasteiger charge is -2.15. The molecule has 29 heavy (non-hydrogen) atoms. The van der Waals surface area contributed by atoms with Crippen LogP contribution in [0.1, 0.15) is 15.9 Å². The average molecular weight is 429 g/mol. The van der Waals surface area contributed by atoms with Crippen molar-refractivity contribution < 1.29 is 31.2 Å². The van der Waals surface area contributed by atoms with Crippen molar-refractivity contribution in [3.8, 4) is 0 Å². The quantitative estimate of drug-likeness (QED) is 0.738.